The quantitative estimate of drug-likeness (QED) is 0.586. The molecule has 21 heavy (non-hydrogen) atoms. The average Bonchev–Trinajstić information content (AvgIpc) is 3.01. The molecule has 1 aromatic carbocycles. The molecule has 0 spiro atoms. The van der Waals surface area contributed by atoms with Gasteiger partial charge in [0, 0.05) is 11.3 Å². The molecule has 0 atom stereocenters. The van der Waals surface area contributed by atoms with Crippen molar-refractivity contribution in [3.05, 3.63) is 66.2 Å². The summed E-state index contributed by atoms with van der Waals surface area (Å²) in [6, 6.07) is 15.5. The van der Waals surface area contributed by atoms with Crippen LogP contribution in [0.5, 0.6) is 0 Å². The van der Waals surface area contributed by atoms with Crippen LogP contribution in [0.4, 0.5) is 5.95 Å². The average molecular weight is 278 g/mol. The first-order chi connectivity index (χ1) is 10.3. The van der Waals surface area contributed by atoms with E-state index in [2.05, 4.69) is 20.5 Å². The monoisotopic (exact) mass is 278 g/mol. The summed E-state index contributed by atoms with van der Waals surface area (Å²) in [5, 5.41) is 4.07. The SMILES string of the molecule is Cc1cc(-c2ccccc2)nc(N/N=C/c2ccco2)n1. The second-order valence-electron chi connectivity index (χ2n) is 4.47. The van der Waals surface area contributed by atoms with Gasteiger partial charge in [-0.15, -0.1) is 0 Å². The fourth-order valence-corrected chi connectivity index (χ4v) is 1.89. The fraction of sp³-hybridized carbons (Fsp3) is 0.0625. The Kier molecular flexibility index (Phi) is 3.73. The molecule has 0 bridgehead atoms. The van der Waals surface area contributed by atoms with Gasteiger partial charge in [0.1, 0.15) is 5.76 Å². The van der Waals surface area contributed by atoms with Gasteiger partial charge >= 0.3 is 0 Å². The van der Waals surface area contributed by atoms with Crippen molar-refractivity contribution in [2.75, 3.05) is 5.43 Å². The Morgan fingerprint density at radius 3 is 2.71 bits per heavy atom. The van der Waals surface area contributed by atoms with E-state index in [4.69, 9.17) is 4.42 Å². The zero-order valence-corrected chi connectivity index (χ0v) is 11.5. The van der Waals surface area contributed by atoms with Gasteiger partial charge in [-0.25, -0.2) is 15.4 Å². The van der Waals surface area contributed by atoms with Gasteiger partial charge in [-0.1, -0.05) is 30.3 Å². The molecule has 0 unspecified atom stereocenters. The number of anilines is 1. The standard InChI is InChI=1S/C16H14N4O/c1-12-10-15(13-6-3-2-4-7-13)19-16(18-12)20-17-11-14-8-5-9-21-14/h2-11H,1H3,(H,18,19,20)/b17-11+. The number of rotatable bonds is 4. The Bertz CT molecular complexity index is 736. The van der Waals surface area contributed by atoms with Crippen LogP contribution >= 0.6 is 0 Å². The number of hydrogen-bond acceptors (Lipinski definition) is 5. The molecule has 5 heteroatoms. The fourth-order valence-electron chi connectivity index (χ4n) is 1.89. The van der Waals surface area contributed by atoms with Crippen LogP contribution in [0.2, 0.25) is 0 Å². The molecular formula is C16H14N4O. The summed E-state index contributed by atoms with van der Waals surface area (Å²) in [5.74, 6) is 1.12. The number of hydrazone groups is 1. The normalized spacial score (nSPS) is 10.9. The highest BCUT2D eigenvalue weighted by atomic mass is 16.3. The summed E-state index contributed by atoms with van der Waals surface area (Å²) >= 11 is 0. The van der Waals surface area contributed by atoms with E-state index in [-0.39, 0.29) is 0 Å². The predicted octanol–water partition coefficient (Wildman–Crippen LogP) is 3.49. The zero-order valence-electron chi connectivity index (χ0n) is 11.5. The Labute approximate surface area is 122 Å². The minimum atomic E-state index is 0.455. The summed E-state index contributed by atoms with van der Waals surface area (Å²) in [6.45, 7) is 1.93. The van der Waals surface area contributed by atoms with Gasteiger partial charge in [0.05, 0.1) is 18.2 Å². The predicted molar refractivity (Wildman–Crippen MR) is 82.1 cm³/mol. The van der Waals surface area contributed by atoms with E-state index in [9.17, 15) is 0 Å². The lowest BCUT2D eigenvalue weighted by Gasteiger charge is -2.05. The first-order valence-corrected chi connectivity index (χ1v) is 6.55. The molecule has 0 aliphatic carbocycles. The Morgan fingerprint density at radius 2 is 1.95 bits per heavy atom. The Balaban J connectivity index is 1.81. The van der Waals surface area contributed by atoms with Gasteiger partial charge in [-0.2, -0.15) is 5.10 Å². The number of benzene rings is 1. The molecular weight excluding hydrogens is 264 g/mol. The van der Waals surface area contributed by atoms with E-state index >= 15 is 0 Å². The third-order valence-electron chi connectivity index (χ3n) is 2.82. The third-order valence-corrected chi connectivity index (χ3v) is 2.82. The Hall–Kier alpha value is -2.95. The maximum absolute atomic E-state index is 5.16. The van der Waals surface area contributed by atoms with Crippen LogP contribution in [0.25, 0.3) is 11.3 Å². The first kappa shape index (κ1) is 13.1. The second-order valence-corrected chi connectivity index (χ2v) is 4.47. The van der Waals surface area contributed by atoms with Crippen molar-refractivity contribution >= 4 is 12.2 Å². The highest BCUT2D eigenvalue weighted by molar-refractivity contribution is 5.76. The third kappa shape index (κ3) is 3.33. The maximum Gasteiger partial charge on any atom is 0.244 e. The van der Waals surface area contributed by atoms with Crippen LogP contribution in [-0.2, 0) is 0 Å². The molecule has 3 rings (SSSR count). The lowest BCUT2D eigenvalue weighted by Crippen LogP contribution is -1.99. The van der Waals surface area contributed by atoms with Crippen LogP contribution in [0, 0.1) is 6.92 Å². The van der Waals surface area contributed by atoms with E-state index < -0.39 is 0 Å². The molecule has 3 aromatic rings. The highest BCUT2D eigenvalue weighted by Crippen LogP contribution is 2.18. The molecule has 0 radical (unpaired) electrons. The van der Waals surface area contributed by atoms with Crippen molar-refractivity contribution in [3.8, 4) is 11.3 Å². The molecule has 0 saturated carbocycles. The van der Waals surface area contributed by atoms with Crippen LogP contribution in [0.3, 0.4) is 0 Å². The van der Waals surface area contributed by atoms with Crippen molar-refractivity contribution in [1.82, 2.24) is 9.97 Å². The van der Waals surface area contributed by atoms with Gasteiger partial charge in [0.25, 0.3) is 0 Å². The number of aryl methyl sites for hydroxylation is 1. The van der Waals surface area contributed by atoms with Gasteiger partial charge in [-0.3, -0.25) is 0 Å². The maximum atomic E-state index is 5.16. The summed E-state index contributed by atoms with van der Waals surface area (Å²) in [4.78, 5) is 8.77. The van der Waals surface area contributed by atoms with Gasteiger partial charge in [0.15, 0.2) is 0 Å². The minimum Gasteiger partial charge on any atom is -0.463 e. The van der Waals surface area contributed by atoms with Crippen LogP contribution in [-0.4, -0.2) is 16.2 Å². The van der Waals surface area contributed by atoms with Crippen LogP contribution in [0.1, 0.15) is 11.5 Å². The van der Waals surface area contributed by atoms with Crippen molar-refractivity contribution in [2.24, 2.45) is 5.10 Å². The summed E-state index contributed by atoms with van der Waals surface area (Å²) in [7, 11) is 0. The molecule has 1 N–H and O–H groups in total. The van der Waals surface area contributed by atoms with E-state index in [0.29, 0.717) is 11.7 Å². The number of furan rings is 1. The summed E-state index contributed by atoms with van der Waals surface area (Å²) in [5.41, 5.74) is 5.60. The van der Waals surface area contributed by atoms with E-state index in [1.165, 1.54) is 0 Å². The largest absolute Gasteiger partial charge is 0.463 e. The second kappa shape index (κ2) is 6.00. The van der Waals surface area contributed by atoms with Crippen molar-refractivity contribution in [2.45, 2.75) is 6.92 Å². The molecule has 0 saturated heterocycles. The number of hydrogen-bond donors (Lipinski definition) is 1. The number of nitrogens with one attached hydrogen (secondary N) is 1. The zero-order chi connectivity index (χ0) is 14.5. The molecule has 0 aliphatic rings. The smallest absolute Gasteiger partial charge is 0.244 e. The number of aromatic nitrogens is 2. The van der Waals surface area contributed by atoms with Crippen LogP contribution < -0.4 is 5.43 Å². The first-order valence-electron chi connectivity index (χ1n) is 6.55. The molecule has 104 valence electrons. The summed E-state index contributed by atoms with van der Waals surface area (Å²) in [6.07, 6.45) is 3.17. The molecule has 0 amide bonds. The van der Waals surface area contributed by atoms with E-state index in [0.717, 1.165) is 17.0 Å². The lowest BCUT2D eigenvalue weighted by molar-refractivity contribution is 0.560. The van der Waals surface area contributed by atoms with Crippen molar-refractivity contribution in [1.29, 1.82) is 0 Å². The topological polar surface area (TPSA) is 63.3 Å². The van der Waals surface area contributed by atoms with Gasteiger partial charge in [0.2, 0.25) is 5.95 Å². The van der Waals surface area contributed by atoms with Crippen molar-refractivity contribution < 1.29 is 4.42 Å². The van der Waals surface area contributed by atoms with Crippen LogP contribution in [0.15, 0.2) is 64.3 Å². The van der Waals surface area contributed by atoms with E-state index in [1.807, 2.05) is 49.4 Å². The van der Waals surface area contributed by atoms with Gasteiger partial charge < -0.3 is 4.42 Å². The van der Waals surface area contributed by atoms with Crippen molar-refractivity contribution in [3.63, 3.8) is 0 Å². The van der Waals surface area contributed by atoms with Gasteiger partial charge in [-0.05, 0) is 25.1 Å². The molecule has 0 aliphatic heterocycles. The van der Waals surface area contributed by atoms with E-state index in [1.54, 1.807) is 18.5 Å². The molecule has 5 nitrogen and oxygen atoms in total. The molecule has 2 aromatic heterocycles. The number of nitrogens with zero attached hydrogens (tertiary/aromatic N) is 3. The Morgan fingerprint density at radius 1 is 1.10 bits per heavy atom. The highest BCUT2D eigenvalue weighted by Gasteiger charge is 2.03. The minimum absolute atomic E-state index is 0.455. The molecule has 2 heterocycles. The molecule has 0 fully saturated rings. The lowest BCUT2D eigenvalue weighted by atomic mass is 10.1. The summed E-state index contributed by atoms with van der Waals surface area (Å²) < 4.78 is 5.16.